The third-order valence-corrected chi connectivity index (χ3v) is 12.3. The smallest absolute Gasteiger partial charge is 0.160 e. The summed E-state index contributed by atoms with van der Waals surface area (Å²) in [4.78, 5) is 10.2. The second-order valence-electron chi connectivity index (χ2n) is 14.2. The van der Waals surface area contributed by atoms with Gasteiger partial charge in [-0.05, 0) is 66.7 Å². The van der Waals surface area contributed by atoms with Crippen LogP contribution in [0.2, 0.25) is 0 Å². The maximum atomic E-state index is 5.14. The van der Waals surface area contributed by atoms with Crippen molar-refractivity contribution in [3.8, 4) is 34.0 Å². The third-order valence-electron chi connectivity index (χ3n) is 11.1. The molecule has 8 aromatic carbocycles. The van der Waals surface area contributed by atoms with E-state index >= 15 is 0 Å². The Hall–Kier alpha value is -7.08. The van der Waals surface area contributed by atoms with E-state index in [-0.39, 0.29) is 0 Å². The van der Waals surface area contributed by atoms with Crippen molar-refractivity contribution in [3.63, 3.8) is 0 Å². The molecule has 0 saturated heterocycles. The van der Waals surface area contributed by atoms with Gasteiger partial charge in [0.1, 0.15) is 0 Å². The molecule has 0 aliphatic carbocycles. The van der Waals surface area contributed by atoms with Gasteiger partial charge in [-0.25, -0.2) is 9.97 Å². The predicted molar refractivity (Wildman–Crippen MR) is 232 cm³/mol. The van der Waals surface area contributed by atoms with Crippen molar-refractivity contribution in [1.82, 2.24) is 19.1 Å². The largest absolute Gasteiger partial charge is 0.309 e. The molecular formula is C50H30N4S. The molecule has 0 atom stereocenters. The van der Waals surface area contributed by atoms with Crippen LogP contribution in [0.1, 0.15) is 0 Å². The van der Waals surface area contributed by atoms with Crippen molar-refractivity contribution in [1.29, 1.82) is 0 Å². The molecule has 12 rings (SSSR count). The fourth-order valence-electron chi connectivity index (χ4n) is 8.64. The molecule has 0 fully saturated rings. The second-order valence-corrected chi connectivity index (χ2v) is 15.2. The van der Waals surface area contributed by atoms with Crippen molar-refractivity contribution in [2.75, 3.05) is 0 Å². The number of hydrogen-bond acceptors (Lipinski definition) is 3. The Balaban J connectivity index is 1.10. The number of hydrogen-bond donors (Lipinski definition) is 0. The van der Waals surface area contributed by atoms with Crippen LogP contribution in [0.5, 0.6) is 0 Å². The van der Waals surface area contributed by atoms with Crippen molar-refractivity contribution in [3.05, 3.63) is 182 Å². The van der Waals surface area contributed by atoms with Gasteiger partial charge in [0.05, 0.1) is 38.0 Å². The summed E-state index contributed by atoms with van der Waals surface area (Å²) < 4.78 is 7.52. The zero-order chi connectivity index (χ0) is 36.0. The lowest BCUT2D eigenvalue weighted by Gasteiger charge is -2.12. The van der Waals surface area contributed by atoms with Crippen molar-refractivity contribution in [2.24, 2.45) is 0 Å². The standard InChI is InChI=1S/C50H30N4S/c1-3-13-31(14-4-1)47-39-19-7-10-20-42(39)51-50(52-47)32-23-25-34(26-24-32)53-43-21-11-8-17-35(43)40-29-41-37-27-28-38-36-18-9-12-22-46(36)55-49(38)48(37)54(45(41)30-44(40)53)33-15-5-2-6-16-33/h1-30H. The molecule has 5 heteroatoms. The molecule has 0 aliphatic rings. The van der Waals surface area contributed by atoms with E-state index in [1.165, 1.54) is 63.8 Å². The number of benzene rings is 8. The molecule has 0 bridgehead atoms. The molecule has 0 saturated carbocycles. The Labute approximate surface area is 319 Å². The van der Waals surface area contributed by atoms with Crippen molar-refractivity contribution < 1.29 is 0 Å². The van der Waals surface area contributed by atoms with Gasteiger partial charge in [0, 0.05) is 64.9 Å². The van der Waals surface area contributed by atoms with Gasteiger partial charge in [0.2, 0.25) is 0 Å². The molecule has 4 aromatic heterocycles. The van der Waals surface area contributed by atoms with Gasteiger partial charge in [0.25, 0.3) is 0 Å². The summed E-state index contributed by atoms with van der Waals surface area (Å²) in [6.45, 7) is 0. The van der Waals surface area contributed by atoms with Crippen LogP contribution in [0.25, 0.3) is 109 Å². The van der Waals surface area contributed by atoms with Crippen LogP contribution in [0.4, 0.5) is 0 Å². The van der Waals surface area contributed by atoms with Crippen LogP contribution in [0, 0.1) is 0 Å². The van der Waals surface area contributed by atoms with E-state index < -0.39 is 0 Å². The molecular weight excluding hydrogens is 689 g/mol. The van der Waals surface area contributed by atoms with Crippen molar-refractivity contribution >= 4 is 86.0 Å². The van der Waals surface area contributed by atoms with Gasteiger partial charge in [-0.3, -0.25) is 0 Å². The van der Waals surface area contributed by atoms with Gasteiger partial charge in [0.15, 0.2) is 5.82 Å². The van der Waals surface area contributed by atoms with E-state index in [1.807, 2.05) is 23.5 Å². The molecule has 55 heavy (non-hydrogen) atoms. The first kappa shape index (κ1) is 30.4. The van der Waals surface area contributed by atoms with E-state index in [0.717, 1.165) is 39.1 Å². The maximum Gasteiger partial charge on any atom is 0.160 e. The lowest BCUT2D eigenvalue weighted by Crippen LogP contribution is -1.97. The van der Waals surface area contributed by atoms with E-state index in [2.05, 4.69) is 179 Å². The average molecular weight is 719 g/mol. The summed E-state index contributed by atoms with van der Waals surface area (Å²) in [7, 11) is 0. The Morgan fingerprint density at radius 1 is 0.382 bits per heavy atom. The van der Waals surface area contributed by atoms with E-state index in [9.17, 15) is 0 Å². The Bertz CT molecular complexity index is 3470. The summed E-state index contributed by atoms with van der Waals surface area (Å²) in [5.74, 6) is 0.716. The van der Waals surface area contributed by atoms with Gasteiger partial charge in [-0.2, -0.15) is 0 Å². The molecule has 0 radical (unpaired) electrons. The third kappa shape index (κ3) is 4.51. The zero-order valence-corrected chi connectivity index (χ0v) is 30.3. The normalized spacial score (nSPS) is 12.0. The lowest BCUT2D eigenvalue weighted by molar-refractivity contribution is 1.16. The lowest BCUT2D eigenvalue weighted by atomic mass is 10.1. The zero-order valence-electron chi connectivity index (χ0n) is 29.5. The Morgan fingerprint density at radius 2 is 1.02 bits per heavy atom. The number of thiophene rings is 1. The summed E-state index contributed by atoms with van der Waals surface area (Å²) in [6, 6.07) is 65.2. The quantitative estimate of drug-likeness (QED) is 0.182. The minimum atomic E-state index is 0.716. The second kappa shape index (κ2) is 11.7. The molecule has 256 valence electrons. The number of rotatable bonds is 4. The number of aromatic nitrogens is 4. The molecule has 0 amide bonds. The van der Waals surface area contributed by atoms with Gasteiger partial charge in [-0.1, -0.05) is 115 Å². The molecule has 0 spiro atoms. The van der Waals surface area contributed by atoms with Crippen LogP contribution in [-0.4, -0.2) is 19.1 Å². The number of para-hydroxylation sites is 3. The highest BCUT2D eigenvalue weighted by atomic mass is 32.1. The topological polar surface area (TPSA) is 35.6 Å². The highest BCUT2D eigenvalue weighted by molar-refractivity contribution is 7.26. The molecule has 4 nitrogen and oxygen atoms in total. The monoisotopic (exact) mass is 718 g/mol. The molecule has 12 aromatic rings. The average Bonchev–Trinajstić information content (AvgIpc) is 3.90. The first-order chi connectivity index (χ1) is 27.3. The van der Waals surface area contributed by atoms with Crippen LogP contribution in [-0.2, 0) is 0 Å². The van der Waals surface area contributed by atoms with Crippen LogP contribution < -0.4 is 0 Å². The van der Waals surface area contributed by atoms with Gasteiger partial charge >= 0.3 is 0 Å². The fourth-order valence-corrected chi connectivity index (χ4v) is 9.88. The van der Waals surface area contributed by atoms with E-state index in [1.54, 1.807) is 0 Å². The van der Waals surface area contributed by atoms with Crippen LogP contribution in [0.15, 0.2) is 182 Å². The molecule has 0 N–H and O–H groups in total. The number of nitrogens with zero attached hydrogens (tertiary/aromatic N) is 4. The first-order valence-electron chi connectivity index (χ1n) is 18.6. The summed E-state index contributed by atoms with van der Waals surface area (Å²) >= 11 is 1.89. The van der Waals surface area contributed by atoms with Crippen LogP contribution >= 0.6 is 11.3 Å². The SMILES string of the molecule is c1ccc(-c2nc(-c3ccc(-n4c5ccccc5c5cc6c7ccc8c9ccccc9sc8c7n(-c7ccccc7)c6cc54)cc3)nc3ccccc23)cc1. The Morgan fingerprint density at radius 3 is 1.85 bits per heavy atom. The Kier molecular flexibility index (Phi) is 6.47. The summed E-state index contributed by atoms with van der Waals surface area (Å²) in [5.41, 5.74) is 11.0. The highest BCUT2D eigenvalue weighted by Gasteiger charge is 2.21. The fraction of sp³-hybridized carbons (Fsp3) is 0. The molecule has 4 heterocycles. The minimum absolute atomic E-state index is 0.716. The summed E-state index contributed by atoms with van der Waals surface area (Å²) in [6.07, 6.45) is 0. The van der Waals surface area contributed by atoms with Crippen molar-refractivity contribution in [2.45, 2.75) is 0 Å². The van der Waals surface area contributed by atoms with E-state index in [4.69, 9.17) is 9.97 Å². The van der Waals surface area contributed by atoms with E-state index in [0.29, 0.717) is 5.82 Å². The first-order valence-corrected chi connectivity index (χ1v) is 19.4. The van der Waals surface area contributed by atoms with Crippen LogP contribution in [0.3, 0.4) is 0 Å². The highest BCUT2D eigenvalue weighted by Crippen LogP contribution is 2.45. The summed E-state index contributed by atoms with van der Waals surface area (Å²) in [5, 5.41) is 8.66. The van der Waals surface area contributed by atoms with Gasteiger partial charge in [-0.15, -0.1) is 11.3 Å². The predicted octanol–water partition coefficient (Wildman–Crippen LogP) is 13.5. The van der Waals surface area contributed by atoms with Gasteiger partial charge < -0.3 is 9.13 Å². The molecule has 0 aliphatic heterocycles. The maximum absolute atomic E-state index is 5.14. The molecule has 0 unspecified atom stereocenters. The minimum Gasteiger partial charge on any atom is -0.309 e. The number of fused-ring (bicyclic) bond motifs is 11.